The normalized spacial score (nSPS) is 13.1. The number of rotatable bonds is 19. The smallest absolute Gasteiger partial charge is 0.312 e. The molecule has 8 N–H and O–H groups in total. The van der Waals surface area contributed by atoms with E-state index < -0.39 is 47.3 Å². The summed E-state index contributed by atoms with van der Waals surface area (Å²) in [6, 6.07) is 3.21. The zero-order chi connectivity index (χ0) is 34.9. The maximum atomic E-state index is 13.5. The summed E-state index contributed by atoms with van der Waals surface area (Å²) in [6.07, 6.45) is 2.38. The van der Waals surface area contributed by atoms with E-state index in [1.54, 1.807) is 58.9 Å². The molecule has 0 radical (unpaired) electrons. The molecule has 0 fully saturated rings. The second-order valence-corrected chi connectivity index (χ2v) is 12.6. The molecule has 0 aromatic heterocycles. The summed E-state index contributed by atoms with van der Waals surface area (Å²) in [5.74, 6) is -2.60. The van der Waals surface area contributed by atoms with Gasteiger partial charge in [-0.25, -0.2) is 4.79 Å². The topological polar surface area (TPSA) is 210 Å². The van der Waals surface area contributed by atoms with Gasteiger partial charge in [-0.1, -0.05) is 26.0 Å². The highest BCUT2D eigenvalue weighted by molar-refractivity contribution is 5.99. The molecule has 6 amide bonds. The van der Waals surface area contributed by atoms with Gasteiger partial charge in [-0.2, -0.15) is 0 Å². The average Bonchev–Trinajstić information content (AvgIpc) is 2.97. The number of nitrogens with one attached hydrogen (secondary N) is 6. The number of amides is 6. The van der Waals surface area contributed by atoms with Crippen LogP contribution in [-0.4, -0.2) is 73.9 Å². The summed E-state index contributed by atoms with van der Waals surface area (Å²) in [4.78, 5) is 75.0. The molecule has 1 aromatic rings. The van der Waals surface area contributed by atoms with Gasteiger partial charge in [-0.3, -0.25) is 24.0 Å². The zero-order valence-electron chi connectivity index (χ0n) is 28.2. The lowest BCUT2D eigenvalue weighted by Gasteiger charge is -2.27. The van der Waals surface area contributed by atoms with Gasteiger partial charge in [0, 0.05) is 19.2 Å². The number of primary amides is 1. The van der Waals surface area contributed by atoms with Crippen molar-refractivity contribution in [3.63, 3.8) is 0 Å². The molecule has 258 valence electrons. The standard InChI is InChI=1S/C32H53N7O7/c1-20(2)26(39-28(42)24(36-21(3)40)11-8-9-17-34-7)29(43)38-25(12-10-18-35-31(33)45)27(41)37-23-15-13-22(14-16-23)19-46-30(44)32(4,5)6/h13-16,20,24-26,34H,8-12,17-19H2,1-7H3,(H,36,40)(H,37,41)(H,38,43)(H,39,42)(H3,33,35,45)/t24-,25-,26?/m0/s1. The van der Waals surface area contributed by atoms with Crippen LogP contribution in [0, 0.1) is 11.3 Å². The number of anilines is 1. The van der Waals surface area contributed by atoms with E-state index in [1.165, 1.54) is 6.92 Å². The highest BCUT2D eigenvalue weighted by Gasteiger charge is 2.31. The Kier molecular flexibility index (Phi) is 17.3. The number of hydrogen-bond acceptors (Lipinski definition) is 8. The Bertz CT molecular complexity index is 1170. The molecule has 3 atom stereocenters. The lowest BCUT2D eigenvalue weighted by atomic mass is 9.97. The third-order valence-corrected chi connectivity index (χ3v) is 6.92. The number of urea groups is 1. The second kappa shape index (κ2) is 20.0. The fourth-order valence-corrected chi connectivity index (χ4v) is 4.28. The minimum absolute atomic E-state index is 0.0803. The first-order valence-electron chi connectivity index (χ1n) is 15.7. The van der Waals surface area contributed by atoms with Crippen LogP contribution in [-0.2, 0) is 35.3 Å². The van der Waals surface area contributed by atoms with E-state index in [-0.39, 0.29) is 37.4 Å². The van der Waals surface area contributed by atoms with Crippen molar-refractivity contribution >= 4 is 41.3 Å². The predicted octanol–water partition coefficient (Wildman–Crippen LogP) is 1.68. The third kappa shape index (κ3) is 15.7. The van der Waals surface area contributed by atoms with Crippen LogP contribution in [0.3, 0.4) is 0 Å². The number of unbranched alkanes of at least 4 members (excludes halogenated alkanes) is 1. The summed E-state index contributed by atoms with van der Waals surface area (Å²) >= 11 is 0. The van der Waals surface area contributed by atoms with Crippen molar-refractivity contribution in [1.29, 1.82) is 0 Å². The largest absolute Gasteiger partial charge is 0.460 e. The Morgan fingerprint density at radius 1 is 0.804 bits per heavy atom. The summed E-state index contributed by atoms with van der Waals surface area (Å²) in [7, 11) is 1.83. The average molecular weight is 648 g/mol. The van der Waals surface area contributed by atoms with Crippen molar-refractivity contribution in [2.75, 3.05) is 25.5 Å². The molecule has 0 aliphatic heterocycles. The van der Waals surface area contributed by atoms with Crippen LogP contribution in [0.15, 0.2) is 24.3 Å². The number of carbonyl (C=O) groups excluding carboxylic acids is 6. The van der Waals surface area contributed by atoms with Crippen LogP contribution in [0.25, 0.3) is 0 Å². The van der Waals surface area contributed by atoms with Gasteiger partial charge in [-0.15, -0.1) is 0 Å². The number of hydrogen-bond donors (Lipinski definition) is 7. The lowest BCUT2D eigenvalue weighted by molar-refractivity contribution is -0.154. The van der Waals surface area contributed by atoms with Gasteiger partial charge in [0.1, 0.15) is 24.7 Å². The fraction of sp³-hybridized carbons (Fsp3) is 0.625. The first-order chi connectivity index (χ1) is 21.5. The summed E-state index contributed by atoms with van der Waals surface area (Å²) in [6.45, 7) is 11.2. The van der Waals surface area contributed by atoms with E-state index in [1.807, 2.05) is 7.05 Å². The molecule has 1 aromatic carbocycles. The van der Waals surface area contributed by atoms with Gasteiger partial charge in [0.2, 0.25) is 23.6 Å². The molecular weight excluding hydrogens is 594 g/mol. The lowest BCUT2D eigenvalue weighted by Crippen LogP contribution is -2.57. The highest BCUT2D eigenvalue weighted by Crippen LogP contribution is 2.18. The molecule has 46 heavy (non-hydrogen) atoms. The molecule has 0 saturated carbocycles. The van der Waals surface area contributed by atoms with E-state index in [0.29, 0.717) is 24.9 Å². The first-order valence-corrected chi connectivity index (χ1v) is 15.7. The Labute approximate surface area is 272 Å². The Hall–Kier alpha value is -4.20. The van der Waals surface area contributed by atoms with Gasteiger partial charge in [0.25, 0.3) is 0 Å². The van der Waals surface area contributed by atoms with E-state index in [9.17, 15) is 28.8 Å². The monoisotopic (exact) mass is 647 g/mol. The van der Waals surface area contributed by atoms with Crippen molar-refractivity contribution in [2.24, 2.45) is 17.1 Å². The number of esters is 1. The van der Waals surface area contributed by atoms with Gasteiger partial charge in [0.05, 0.1) is 5.41 Å². The van der Waals surface area contributed by atoms with Gasteiger partial charge >= 0.3 is 12.0 Å². The number of benzene rings is 1. The van der Waals surface area contributed by atoms with E-state index in [2.05, 4.69) is 31.9 Å². The summed E-state index contributed by atoms with van der Waals surface area (Å²) in [5.41, 5.74) is 5.70. The maximum absolute atomic E-state index is 13.5. The molecular formula is C32H53N7O7. The van der Waals surface area contributed by atoms with E-state index in [4.69, 9.17) is 10.5 Å². The van der Waals surface area contributed by atoms with Crippen LogP contribution in [0.1, 0.15) is 79.2 Å². The number of nitrogens with two attached hydrogens (primary N) is 1. The van der Waals surface area contributed by atoms with Crippen molar-refractivity contribution in [2.45, 2.75) is 98.4 Å². The highest BCUT2D eigenvalue weighted by atomic mass is 16.5. The molecule has 14 nitrogen and oxygen atoms in total. The summed E-state index contributed by atoms with van der Waals surface area (Å²) in [5, 5.41) is 16.4. The first kappa shape index (κ1) is 39.8. The van der Waals surface area contributed by atoms with Crippen molar-refractivity contribution in [1.82, 2.24) is 26.6 Å². The SMILES string of the molecule is CNCCCC[C@H](NC(C)=O)C(=O)NC(C(=O)N[C@@H](CCCNC(N)=O)C(=O)Nc1ccc(COC(=O)C(C)(C)C)cc1)C(C)C. The molecule has 0 saturated heterocycles. The Morgan fingerprint density at radius 2 is 1.41 bits per heavy atom. The molecule has 1 unspecified atom stereocenters. The Balaban J connectivity index is 3.01. The van der Waals surface area contributed by atoms with Crippen molar-refractivity contribution < 1.29 is 33.5 Å². The second-order valence-electron chi connectivity index (χ2n) is 12.6. The van der Waals surface area contributed by atoms with Crippen molar-refractivity contribution in [3.8, 4) is 0 Å². The molecule has 0 bridgehead atoms. The van der Waals surface area contributed by atoms with E-state index >= 15 is 0 Å². The fourth-order valence-electron chi connectivity index (χ4n) is 4.28. The van der Waals surface area contributed by atoms with Crippen LogP contribution in [0.5, 0.6) is 0 Å². The zero-order valence-corrected chi connectivity index (χ0v) is 28.2. The van der Waals surface area contributed by atoms with Crippen molar-refractivity contribution in [3.05, 3.63) is 29.8 Å². The van der Waals surface area contributed by atoms with Crippen LogP contribution >= 0.6 is 0 Å². The minimum Gasteiger partial charge on any atom is -0.460 e. The van der Waals surface area contributed by atoms with Crippen LogP contribution in [0.2, 0.25) is 0 Å². The number of ether oxygens (including phenoxy) is 1. The van der Waals surface area contributed by atoms with E-state index in [0.717, 1.165) is 18.5 Å². The summed E-state index contributed by atoms with van der Waals surface area (Å²) < 4.78 is 5.33. The molecule has 1 rings (SSSR count). The predicted molar refractivity (Wildman–Crippen MR) is 175 cm³/mol. The van der Waals surface area contributed by atoms with Gasteiger partial charge < -0.3 is 42.4 Å². The molecule has 0 aliphatic rings. The molecule has 0 heterocycles. The van der Waals surface area contributed by atoms with Gasteiger partial charge in [-0.05, 0) is 90.1 Å². The maximum Gasteiger partial charge on any atom is 0.312 e. The Morgan fingerprint density at radius 3 is 1.96 bits per heavy atom. The third-order valence-electron chi connectivity index (χ3n) is 6.92. The van der Waals surface area contributed by atoms with Crippen LogP contribution in [0.4, 0.5) is 10.5 Å². The molecule has 14 heteroatoms. The van der Waals surface area contributed by atoms with Gasteiger partial charge in [0.15, 0.2) is 0 Å². The number of carbonyl (C=O) groups is 6. The quantitative estimate of drug-likeness (QED) is 0.0866. The molecule has 0 aliphatic carbocycles. The molecule has 0 spiro atoms. The van der Waals surface area contributed by atoms with Crippen LogP contribution < -0.4 is 37.6 Å². The minimum atomic E-state index is -1.01.